The predicted octanol–water partition coefficient (Wildman–Crippen LogP) is 1.19. The summed E-state index contributed by atoms with van der Waals surface area (Å²) < 4.78 is 0. The monoisotopic (exact) mass is 339 g/mol. The number of pyridine rings is 1. The summed E-state index contributed by atoms with van der Waals surface area (Å²) >= 11 is 1.68. The van der Waals surface area contributed by atoms with Crippen LogP contribution in [0, 0.1) is 16.7 Å². The van der Waals surface area contributed by atoms with Crippen molar-refractivity contribution in [1.29, 1.82) is 10.7 Å². The number of nitrogens with one attached hydrogen (secondary N) is 2. The van der Waals surface area contributed by atoms with Crippen LogP contribution in [0.25, 0.3) is 0 Å². The standard InChI is InChI=1S/C16H18BN5OS/c1-16(5-13(23)22(2)15(19)21-16)12-4-11(17)14(24-12)10-3-9(6-18)7-20-8-10/h3-4,7-8,11,14H,5,17H2,1-2H3,(H2,19,21)/t11?,14?,16-/m0/s1. The maximum Gasteiger partial charge on any atom is 0.231 e. The lowest BCUT2D eigenvalue weighted by atomic mass is 9.80. The van der Waals surface area contributed by atoms with E-state index in [0.717, 1.165) is 10.5 Å². The Morgan fingerprint density at radius 3 is 3.00 bits per heavy atom. The number of nitriles is 1. The number of amides is 1. The van der Waals surface area contributed by atoms with Crippen LogP contribution in [0.2, 0.25) is 5.82 Å². The highest BCUT2D eigenvalue weighted by atomic mass is 32.2. The van der Waals surface area contributed by atoms with E-state index in [2.05, 4.69) is 30.3 Å². The Morgan fingerprint density at radius 2 is 2.33 bits per heavy atom. The number of thioether (sulfide) groups is 1. The van der Waals surface area contributed by atoms with Gasteiger partial charge in [-0.15, -0.1) is 11.8 Å². The Hall–Kier alpha value is -2.27. The average Bonchev–Trinajstić information content (AvgIpc) is 2.95. The van der Waals surface area contributed by atoms with E-state index in [1.54, 1.807) is 31.2 Å². The molecule has 0 bridgehead atoms. The molecule has 2 aliphatic rings. The first-order valence-corrected chi connectivity index (χ1v) is 8.59. The van der Waals surface area contributed by atoms with Gasteiger partial charge in [-0.1, -0.05) is 6.08 Å². The summed E-state index contributed by atoms with van der Waals surface area (Å²) in [6, 6.07) is 4.00. The van der Waals surface area contributed by atoms with Crippen molar-refractivity contribution in [2.45, 2.75) is 30.0 Å². The molecule has 6 nitrogen and oxygen atoms in total. The SMILES string of the molecule is BC1C=C([C@]2(C)CC(=O)N(C)C(=N)N2)SC1c1cncc(C#N)c1. The van der Waals surface area contributed by atoms with E-state index in [-0.39, 0.29) is 22.9 Å². The molecule has 0 aliphatic carbocycles. The molecular formula is C16H18BN5OS. The normalized spacial score (nSPS) is 29.9. The maximum atomic E-state index is 12.2. The van der Waals surface area contributed by atoms with Crippen LogP contribution in [0.5, 0.6) is 0 Å². The molecule has 3 atom stereocenters. The van der Waals surface area contributed by atoms with Crippen molar-refractivity contribution in [1.82, 2.24) is 15.2 Å². The highest BCUT2D eigenvalue weighted by Gasteiger charge is 2.43. The molecule has 2 unspecified atom stereocenters. The topological polar surface area (TPSA) is 92.9 Å². The molecule has 122 valence electrons. The molecule has 1 aromatic heterocycles. The molecule has 1 aromatic rings. The smallest absolute Gasteiger partial charge is 0.231 e. The number of rotatable bonds is 2. The molecule has 2 aliphatic heterocycles. The summed E-state index contributed by atoms with van der Waals surface area (Å²) in [5, 5.41) is 20.4. The molecule has 3 rings (SSSR count). The van der Waals surface area contributed by atoms with Gasteiger partial charge in [0.25, 0.3) is 0 Å². The Kier molecular flexibility index (Phi) is 4.14. The molecule has 1 fully saturated rings. The van der Waals surface area contributed by atoms with Gasteiger partial charge in [-0.25, -0.2) is 0 Å². The Bertz CT molecular complexity index is 769. The number of nitrogens with zero attached hydrogens (tertiary/aromatic N) is 3. The number of carbonyl (C=O) groups is 1. The Morgan fingerprint density at radius 1 is 1.58 bits per heavy atom. The molecule has 3 heterocycles. The zero-order chi connectivity index (χ0) is 17.5. The van der Waals surface area contributed by atoms with Crippen LogP contribution in [0.3, 0.4) is 0 Å². The molecule has 0 radical (unpaired) electrons. The predicted molar refractivity (Wildman–Crippen MR) is 96.3 cm³/mol. The van der Waals surface area contributed by atoms with Gasteiger partial charge in [-0.2, -0.15) is 5.26 Å². The van der Waals surface area contributed by atoms with Crippen molar-refractivity contribution in [3.05, 3.63) is 40.6 Å². The molecule has 1 saturated heterocycles. The number of carbonyl (C=O) groups excluding carboxylic acids is 1. The number of allylic oxidation sites excluding steroid dienone is 1. The molecule has 0 saturated carbocycles. The summed E-state index contributed by atoms with van der Waals surface area (Å²) in [4.78, 5) is 18.7. The fraction of sp³-hybridized carbons (Fsp3) is 0.375. The third-order valence-electron chi connectivity index (χ3n) is 4.52. The van der Waals surface area contributed by atoms with Crippen LogP contribution >= 0.6 is 11.8 Å². The third kappa shape index (κ3) is 2.80. The van der Waals surface area contributed by atoms with Gasteiger partial charge in [0.15, 0.2) is 5.96 Å². The van der Waals surface area contributed by atoms with Gasteiger partial charge in [0.05, 0.1) is 17.5 Å². The summed E-state index contributed by atoms with van der Waals surface area (Å²) in [5.41, 5.74) is 0.999. The van der Waals surface area contributed by atoms with Crippen molar-refractivity contribution in [3.63, 3.8) is 0 Å². The zero-order valence-corrected chi connectivity index (χ0v) is 14.6. The highest BCUT2D eigenvalue weighted by Crippen LogP contribution is 2.53. The first kappa shape index (κ1) is 16.6. The zero-order valence-electron chi connectivity index (χ0n) is 13.8. The lowest BCUT2D eigenvalue weighted by Crippen LogP contribution is -2.60. The van der Waals surface area contributed by atoms with Crippen molar-refractivity contribution >= 4 is 31.5 Å². The number of hydrogen-bond donors (Lipinski definition) is 2. The van der Waals surface area contributed by atoms with Gasteiger partial charge >= 0.3 is 0 Å². The van der Waals surface area contributed by atoms with Crippen molar-refractivity contribution < 1.29 is 4.79 Å². The minimum Gasteiger partial charge on any atom is -0.346 e. The van der Waals surface area contributed by atoms with E-state index in [1.807, 2.05) is 13.0 Å². The molecule has 0 spiro atoms. The lowest BCUT2D eigenvalue weighted by molar-refractivity contribution is -0.128. The minimum absolute atomic E-state index is 0.0630. The molecular weight excluding hydrogens is 321 g/mol. The molecule has 2 N–H and O–H groups in total. The second-order valence-corrected chi connectivity index (χ2v) is 7.67. The highest BCUT2D eigenvalue weighted by molar-refractivity contribution is 8.03. The van der Waals surface area contributed by atoms with E-state index in [0.29, 0.717) is 12.0 Å². The lowest BCUT2D eigenvalue weighted by Gasteiger charge is -2.40. The number of guanidine groups is 1. The van der Waals surface area contributed by atoms with E-state index in [9.17, 15) is 4.79 Å². The van der Waals surface area contributed by atoms with Crippen LogP contribution in [-0.4, -0.2) is 42.2 Å². The number of aromatic nitrogens is 1. The number of hydrogen-bond acceptors (Lipinski definition) is 5. The Balaban J connectivity index is 1.85. The van der Waals surface area contributed by atoms with E-state index in [1.165, 1.54) is 4.90 Å². The third-order valence-corrected chi connectivity index (χ3v) is 6.31. The van der Waals surface area contributed by atoms with Crippen LogP contribution < -0.4 is 5.32 Å². The second-order valence-electron chi connectivity index (χ2n) is 6.48. The fourth-order valence-electron chi connectivity index (χ4n) is 3.05. The quantitative estimate of drug-likeness (QED) is 0.790. The van der Waals surface area contributed by atoms with Crippen molar-refractivity contribution in [2.75, 3.05) is 7.05 Å². The van der Waals surface area contributed by atoms with E-state index >= 15 is 0 Å². The molecule has 24 heavy (non-hydrogen) atoms. The summed E-state index contributed by atoms with van der Waals surface area (Å²) in [6.07, 6.45) is 5.83. The summed E-state index contributed by atoms with van der Waals surface area (Å²) in [6.45, 7) is 1.96. The first-order valence-electron chi connectivity index (χ1n) is 7.71. The van der Waals surface area contributed by atoms with Crippen LogP contribution in [0.1, 0.15) is 29.7 Å². The molecule has 1 amide bonds. The minimum atomic E-state index is -0.561. The average molecular weight is 339 g/mol. The Labute approximate surface area is 146 Å². The summed E-state index contributed by atoms with van der Waals surface area (Å²) in [7, 11) is 3.73. The van der Waals surface area contributed by atoms with Gasteiger partial charge in [0, 0.05) is 29.6 Å². The summed E-state index contributed by atoms with van der Waals surface area (Å²) in [5.74, 6) is 0.315. The van der Waals surface area contributed by atoms with Crippen molar-refractivity contribution in [3.8, 4) is 6.07 Å². The van der Waals surface area contributed by atoms with Crippen LogP contribution in [0.15, 0.2) is 29.4 Å². The van der Waals surface area contributed by atoms with Gasteiger partial charge in [0.2, 0.25) is 5.91 Å². The van der Waals surface area contributed by atoms with E-state index in [4.69, 9.17) is 10.7 Å². The van der Waals surface area contributed by atoms with Crippen LogP contribution in [-0.2, 0) is 4.79 Å². The molecule has 0 aromatic carbocycles. The second kappa shape index (κ2) is 5.98. The maximum absolute atomic E-state index is 12.2. The van der Waals surface area contributed by atoms with Gasteiger partial charge in [-0.05, 0) is 24.4 Å². The van der Waals surface area contributed by atoms with Gasteiger partial charge in [-0.3, -0.25) is 20.1 Å². The van der Waals surface area contributed by atoms with Gasteiger partial charge in [0.1, 0.15) is 13.9 Å². The first-order chi connectivity index (χ1) is 11.3. The fourth-order valence-corrected chi connectivity index (χ4v) is 4.56. The van der Waals surface area contributed by atoms with Gasteiger partial charge < -0.3 is 5.32 Å². The largest absolute Gasteiger partial charge is 0.346 e. The van der Waals surface area contributed by atoms with Crippen LogP contribution in [0.4, 0.5) is 0 Å². The molecule has 8 heteroatoms. The van der Waals surface area contributed by atoms with E-state index < -0.39 is 5.54 Å². The van der Waals surface area contributed by atoms with Crippen molar-refractivity contribution in [2.24, 2.45) is 0 Å².